The normalized spacial score (nSPS) is 18.6. The molecule has 0 unspecified atom stereocenters. The molecule has 2 aromatic carbocycles. The number of aromatic carboxylic acids is 1. The number of nitrogens with zero attached hydrogens (tertiary/aromatic N) is 2. The molecule has 8 nitrogen and oxygen atoms in total. The lowest BCUT2D eigenvalue weighted by atomic mass is 9.96. The number of hydrogen-bond acceptors (Lipinski definition) is 8. The Morgan fingerprint density at radius 2 is 1.88 bits per heavy atom. The van der Waals surface area contributed by atoms with Gasteiger partial charge in [-0.05, 0) is 29.6 Å². The highest BCUT2D eigenvalue weighted by Crippen LogP contribution is 2.52. The van der Waals surface area contributed by atoms with E-state index in [-0.39, 0.29) is 17.4 Å². The molecule has 2 aliphatic rings. The Bertz CT molecular complexity index is 1240. The number of benzene rings is 2. The van der Waals surface area contributed by atoms with Gasteiger partial charge in [0.25, 0.3) is 0 Å². The minimum atomic E-state index is -1.15. The van der Waals surface area contributed by atoms with Crippen molar-refractivity contribution in [3.05, 3.63) is 69.4 Å². The summed E-state index contributed by atoms with van der Waals surface area (Å²) in [6.07, 6.45) is -0.141. The Morgan fingerprint density at radius 3 is 2.55 bits per heavy atom. The van der Waals surface area contributed by atoms with E-state index < -0.39 is 12.2 Å². The van der Waals surface area contributed by atoms with E-state index in [2.05, 4.69) is 0 Å². The average Bonchev–Trinajstić information content (AvgIpc) is 3.52. The molecule has 0 amide bonds. The van der Waals surface area contributed by atoms with Crippen LogP contribution in [-0.4, -0.2) is 43.1 Å². The van der Waals surface area contributed by atoms with Crippen molar-refractivity contribution < 1.29 is 28.8 Å². The van der Waals surface area contributed by atoms with Gasteiger partial charge in [-0.15, -0.1) is 11.3 Å². The molecule has 0 bridgehead atoms. The highest BCUT2D eigenvalue weighted by atomic mass is 32.1. The van der Waals surface area contributed by atoms with Crippen LogP contribution < -0.4 is 18.9 Å². The molecule has 3 heterocycles. The Balaban J connectivity index is 1.71. The molecule has 0 spiro atoms. The van der Waals surface area contributed by atoms with Crippen molar-refractivity contribution >= 4 is 23.0 Å². The predicted molar refractivity (Wildman–Crippen MR) is 123 cm³/mol. The molecule has 0 radical (unpaired) electrons. The summed E-state index contributed by atoms with van der Waals surface area (Å²) in [7, 11) is 4.47. The monoisotopic (exact) mass is 466 g/mol. The first kappa shape index (κ1) is 21.1. The van der Waals surface area contributed by atoms with Crippen LogP contribution in [0.15, 0.2) is 52.9 Å². The van der Waals surface area contributed by atoms with Crippen LogP contribution in [0.5, 0.6) is 23.0 Å². The van der Waals surface area contributed by atoms with Crippen LogP contribution in [0.3, 0.4) is 0 Å². The second-order valence-electron chi connectivity index (χ2n) is 7.54. The summed E-state index contributed by atoms with van der Waals surface area (Å²) in [6, 6.07) is 13.0. The summed E-state index contributed by atoms with van der Waals surface area (Å²) in [5.41, 5.74) is 2.26. The van der Waals surface area contributed by atoms with Gasteiger partial charge in [0.2, 0.25) is 6.23 Å². The van der Waals surface area contributed by atoms with Crippen LogP contribution in [0.4, 0.5) is 0 Å². The Labute approximate surface area is 194 Å². The number of rotatable bonds is 6. The van der Waals surface area contributed by atoms with Gasteiger partial charge < -0.3 is 24.1 Å². The van der Waals surface area contributed by atoms with Crippen LogP contribution in [0.1, 0.15) is 45.1 Å². The Kier molecular flexibility index (Phi) is 5.33. The van der Waals surface area contributed by atoms with Crippen molar-refractivity contribution in [2.45, 2.75) is 18.7 Å². The van der Waals surface area contributed by atoms with Crippen molar-refractivity contribution in [2.24, 2.45) is 5.10 Å². The maximum Gasteiger partial charge on any atom is 0.340 e. The number of hydrogen-bond donors (Lipinski definition) is 1. The molecule has 170 valence electrons. The largest absolute Gasteiger partial charge is 0.493 e. The van der Waals surface area contributed by atoms with E-state index in [9.17, 15) is 9.90 Å². The van der Waals surface area contributed by atoms with Crippen molar-refractivity contribution in [1.82, 2.24) is 5.01 Å². The summed E-state index contributed by atoms with van der Waals surface area (Å²) in [6.45, 7) is 0. The number of thiophene rings is 1. The standard InChI is InChI=1S/C24H22N2O6S/c1-29-17-7-4-6-13-16-12-15(19-8-5-11-33-19)25-26(16)23(32-21(13)17)14-9-10-18(30-2)22(31-3)20(14)24(27)28/h4-11,16,23H,12H2,1-3H3,(H,27,28)/t16-,23-/m0/s1. The predicted octanol–water partition coefficient (Wildman–Crippen LogP) is 4.71. The molecular formula is C24H22N2O6S. The number of carboxylic acids is 1. The number of hydrazone groups is 1. The third-order valence-corrected chi connectivity index (χ3v) is 6.78. The van der Waals surface area contributed by atoms with Gasteiger partial charge in [0.15, 0.2) is 23.0 Å². The molecule has 1 N–H and O–H groups in total. The van der Waals surface area contributed by atoms with Crippen LogP contribution >= 0.6 is 11.3 Å². The van der Waals surface area contributed by atoms with Gasteiger partial charge in [0.1, 0.15) is 5.56 Å². The summed E-state index contributed by atoms with van der Waals surface area (Å²) in [4.78, 5) is 13.4. The van der Waals surface area contributed by atoms with Crippen molar-refractivity contribution in [3.63, 3.8) is 0 Å². The first-order chi connectivity index (χ1) is 16.1. The highest BCUT2D eigenvalue weighted by molar-refractivity contribution is 7.12. The molecule has 0 fully saturated rings. The van der Waals surface area contributed by atoms with Gasteiger partial charge >= 0.3 is 5.97 Å². The molecule has 0 saturated carbocycles. The van der Waals surface area contributed by atoms with Gasteiger partial charge in [-0.3, -0.25) is 0 Å². The van der Waals surface area contributed by atoms with Gasteiger partial charge in [-0.2, -0.15) is 5.10 Å². The lowest BCUT2D eigenvalue weighted by molar-refractivity contribution is -0.0217. The molecule has 2 atom stereocenters. The quantitative estimate of drug-likeness (QED) is 0.562. The van der Waals surface area contributed by atoms with Crippen molar-refractivity contribution in [2.75, 3.05) is 21.3 Å². The summed E-state index contributed by atoms with van der Waals surface area (Å²) in [5.74, 6) is 0.482. The molecule has 2 aliphatic heterocycles. The minimum absolute atomic E-state index is 0.0290. The molecule has 1 aromatic heterocycles. The first-order valence-corrected chi connectivity index (χ1v) is 11.2. The molecular weight excluding hydrogens is 444 g/mol. The Hall–Kier alpha value is -3.72. The van der Waals surface area contributed by atoms with Crippen LogP contribution in [0.2, 0.25) is 0 Å². The smallest absolute Gasteiger partial charge is 0.340 e. The fourth-order valence-electron chi connectivity index (χ4n) is 4.41. The third-order valence-electron chi connectivity index (χ3n) is 5.86. The Morgan fingerprint density at radius 1 is 1.06 bits per heavy atom. The zero-order valence-electron chi connectivity index (χ0n) is 18.3. The lowest BCUT2D eigenvalue weighted by Crippen LogP contribution is -2.35. The second kappa shape index (κ2) is 8.32. The van der Waals surface area contributed by atoms with Crippen LogP contribution in [0, 0.1) is 0 Å². The molecule has 33 heavy (non-hydrogen) atoms. The zero-order valence-corrected chi connectivity index (χ0v) is 19.1. The maximum atomic E-state index is 12.4. The number of carboxylic acid groups (broad SMARTS) is 1. The third kappa shape index (κ3) is 3.36. The van der Waals surface area contributed by atoms with Crippen molar-refractivity contribution in [1.29, 1.82) is 0 Å². The van der Waals surface area contributed by atoms with E-state index in [4.69, 9.17) is 24.0 Å². The molecule has 9 heteroatoms. The molecule has 5 rings (SSSR count). The lowest BCUT2D eigenvalue weighted by Gasteiger charge is -2.39. The zero-order chi connectivity index (χ0) is 23.1. The van der Waals surface area contributed by atoms with Gasteiger partial charge in [-0.25, -0.2) is 9.80 Å². The van der Waals surface area contributed by atoms with Crippen molar-refractivity contribution in [3.8, 4) is 23.0 Å². The van der Waals surface area contributed by atoms with E-state index in [0.717, 1.165) is 16.2 Å². The van der Waals surface area contributed by atoms with E-state index in [1.807, 2.05) is 40.7 Å². The maximum absolute atomic E-state index is 12.4. The summed E-state index contributed by atoms with van der Waals surface area (Å²) < 4.78 is 22.7. The number of carbonyl (C=O) groups is 1. The topological polar surface area (TPSA) is 89.8 Å². The van der Waals surface area contributed by atoms with E-state index in [1.54, 1.807) is 30.6 Å². The number of ether oxygens (including phenoxy) is 4. The van der Waals surface area contributed by atoms with Gasteiger partial charge in [-0.1, -0.05) is 18.2 Å². The average molecular weight is 467 g/mol. The second-order valence-corrected chi connectivity index (χ2v) is 8.49. The summed E-state index contributed by atoms with van der Waals surface area (Å²) >= 11 is 1.62. The SMILES string of the molecule is COc1cccc2c1O[C@@H](c1ccc(OC)c(OC)c1C(=O)O)N1N=C(c3cccs3)C[C@@H]21. The van der Waals surface area contributed by atoms with E-state index in [1.165, 1.54) is 14.2 Å². The number of fused-ring (bicyclic) bond motifs is 3. The van der Waals surface area contributed by atoms with E-state index >= 15 is 0 Å². The summed E-state index contributed by atoms with van der Waals surface area (Å²) in [5, 5.41) is 18.8. The minimum Gasteiger partial charge on any atom is -0.493 e. The fourth-order valence-corrected chi connectivity index (χ4v) is 5.13. The fraction of sp³-hybridized carbons (Fsp3) is 0.250. The van der Waals surface area contributed by atoms with Gasteiger partial charge in [0.05, 0.1) is 38.0 Å². The molecule has 0 saturated heterocycles. The number of para-hydroxylation sites is 1. The molecule has 3 aromatic rings. The van der Waals surface area contributed by atoms with Crippen LogP contribution in [0.25, 0.3) is 0 Å². The number of methoxy groups -OCH3 is 3. The first-order valence-electron chi connectivity index (χ1n) is 10.3. The van der Waals surface area contributed by atoms with Crippen LogP contribution in [-0.2, 0) is 0 Å². The molecule has 0 aliphatic carbocycles. The van der Waals surface area contributed by atoms with Gasteiger partial charge in [0, 0.05) is 17.5 Å². The highest BCUT2D eigenvalue weighted by Gasteiger charge is 2.44. The van der Waals surface area contributed by atoms with E-state index in [0.29, 0.717) is 29.2 Å².